The summed E-state index contributed by atoms with van der Waals surface area (Å²) in [4.78, 5) is 0. The quantitative estimate of drug-likeness (QED) is 0.289. The monoisotopic (exact) mass is 97.0 g/mol. The Balaban J connectivity index is 2.86. The molecule has 1 nitrogen and oxygen atoms in total. The zero-order valence-corrected chi connectivity index (χ0v) is 4.49. The van der Waals surface area contributed by atoms with E-state index in [4.69, 9.17) is 12.0 Å². The maximum absolute atomic E-state index is 6.34. The third kappa shape index (κ3) is 4.01. The molecule has 0 aromatic heterocycles. The summed E-state index contributed by atoms with van der Waals surface area (Å²) in [6, 6.07) is 11.2. The van der Waals surface area contributed by atoms with Gasteiger partial charge in [0.15, 0.2) is 0 Å². The minimum atomic E-state index is -0.205. The van der Waals surface area contributed by atoms with Gasteiger partial charge in [0.25, 0.3) is 0 Å². The molecule has 0 saturated heterocycles. The van der Waals surface area contributed by atoms with Crippen molar-refractivity contribution in [1.29, 1.82) is 0 Å². The van der Waals surface area contributed by atoms with Gasteiger partial charge in [0.1, 0.15) is 0 Å². The first kappa shape index (κ1) is 5.01. The summed E-state index contributed by atoms with van der Waals surface area (Å²) in [6.45, 7) is 0. The van der Waals surface area contributed by atoms with Crippen molar-refractivity contribution in [1.82, 2.24) is 0 Å². The van der Waals surface area contributed by atoms with Gasteiger partial charge < -0.3 is 0 Å². The minimum absolute atomic E-state index is 0.0174. The first-order valence-corrected chi connectivity index (χ1v) is 2.84. The van der Waals surface area contributed by atoms with Gasteiger partial charge >= 0.3 is 34.5 Å². The summed E-state index contributed by atoms with van der Waals surface area (Å²) in [6.07, 6.45) is 0. The molecule has 0 heterocycles. The van der Waals surface area contributed by atoms with Gasteiger partial charge in [-0.25, -0.2) is 0 Å². The number of hydrogen-bond donors (Lipinski definition) is 0. The van der Waals surface area contributed by atoms with E-state index in [-0.39, 0.29) is 18.4 Å². The fraction of sp³-hybridized carbons (Fsp3) is 0. The molecule has 0 bridgehead atoms. The summed E-state index contributed by atoms with van der Waals surface area (Å²) in [7, 11) is -0.222. The van der Waals surface area contributed by atoms with Crippen LogP contribution in [-0.4, -0.2) is 18.4 Å². The van der Waals surface area contributed by atoms with E-state index in [1.54, 1.807) is 0 Å². The molecule has 0 aliphatic heterocycles. The van der Waals surface area contributed by atoms with E-state index >= 15 is 0 Å². The van der Waals surface area contributed by atoms with Crippen LogP contribution in [0.15, 0.2) is 0 Å². The third-order valence-electron chi connectivity index (χ3n) is 0.110. The summed E-state index contributed by atoms with van der Waals surface area (Å²) in [5.41, 5.74) is 0. The van der Waals surface area contributed by atoms with Gasteiger partial charge in [-0.05, 0) is 0 Å². The van der Waals surface area contributed by atoms with Crippen LogP contribution < -0.4 is 0 Å². The molecule has 0 aliphatic carbocycles. The van der Waals surface area contributed by atoms with E-state index in [9.17, 15) is 0 Å². The van der Waals surface area contributed by atoms with Crippen LogP contribution in [0.1, 0.15) is 0 Å². The SMILES string of the molecule is [C+]#[Si]O[Si]#C. The van der Waals surface area contributed by atoms with Gasteiger partial charge in [-0.1, -0.05) is 0 Å². The molecule has 0 rings (SSSR count). The van der Waals surface area contributed by atoms with E-state index in [0.717, 1.165) is 0 Å². The van der Waals surface area contributed by atoms with Crippen molar-refractivity contribution in [3.63, 3.8) is 0 Å². The molecule has 0 atom stereocenters. The number of hydrogen-bond acceptors (Lipinski definition) is 1. The van der Waals surface area contributed by atoms with Crippen molar-refractivity contribution in [2.75, 3.05) is 0 Å². The van der Waals surface area contributed by atoms with E-state index in [0.29, 0.717) is 0 Å². The Bertz CT molecular complexity index is 72.8. The fourth-order valence-electron chi connectivity index (χ4n) is 0.0295. The molecule has 5 heavy (non-hydrogen) atoms. The van der Waals surface area contributed by atoms with Crippen molar-refractivity contribution in [3.8, 4) is 6.00 Å². The first-order chi connectivity index (χ1) is 2.41. The average Bonchev–Trinajstić information content (AvgIpc) is 1.41. The van der Waals surface area contributed by atoms with Gasteiger partial charge in [0.2, 0.25) is 0 Å². The topological polar surface area (TPSA) is 9.23 Å². The van der Waals surface area contributed by atoms with Crippen LogP contribution in [0.4, 0.5) is 0 Å². The average molecular weight is 97.2 g/mol. The standard InChI is InChI=1S/C2HOSi2/c1-4-3-5-2/h1H/q+1. The Labute approximate surface area is 35.4 Å². The van der Waals surface area contributed by atoms with Crippen molar-refractivity contribution >= 4 is 18.4 Å². The fourth-order valence-corrected chi connectivity index (χ4v) is 0.265. The molecule has 0 N–H and O–H groups in total. The maximum atomic E-state index is 6.34. The summed E-state index contributed by atoms with van der Waals surface area (Å²) in [5.74, 6) is 0. The first-order valence-electron chi connectivity index (χ1n) is 0.947. The predicted molar refractivity (Wildman–Crippen MR) is 20.8 cm³/mol. The second-order valence-electron chi connectivity index (χ2n) is 0.322. The van der Waals surface area contributed by atoms with Crippen LogP contribution in [0.25, 0.3) is 0 Å². The van der Waals surface area contributed by atoms with Gasteiger partial charge in [0.05, 0.1) is 0 Å². The molecule has 3 heteroatoms. The molecule has 0 spiro atoms. The Morgan fingerprint density at radius 2 is 2.40 bits per heavy atom. The van der Waals surface area contributed by atoms with Crippen LogP contribution in [0, 0.1) is 12.0 Å². The molecular weight excluding hydrogens is 96.2 g/mol. The number of rotatable bonds is 0. The molecule has 0 amide bonds. The predicted octanol–water partition coefficient (Wildman–Crippen LogP) is -0.624. The Hall–Kier alpha value is 0.0138. The molecule has 0 radical (unpaired) electrons. The van der Waals surface area contributed by atoms with Gasteiger partial charge in [-0.3, -0.25) is 0 Å². The molecular formula is C2HOSi2+. The summed E-state index contributed by atoms with van der Waals surface area (Å²) < 4.78 is 4.33. The Morgan fingerprint density at radius 1 is 1.80 bits per heavy atom. The molecule has 0 aliphatic rings. The van der Waals surface area contributed by atoms with E-state index in [1.807, 2.05) is 0 Å². The summed E-state index contributed by atoms with van der Waals surface area (Å²) in [5, 5.41) is 0. The molecule has 0 aromatic carbocycles. The second kappa shape index (κ2) is 4.01. The molecule has 0 unspecified atom stereocenters. The zero-order valence-electron chi connectivity index (χ0n) is 2.49. The van der Waals surface area contributed by atoms with Crippen molar-refractivity contribution in [2.45, 2.75) is 0 Å². The van der Waals surface area contributed by atoms with Crippen LogP contribution in [0.2, 0.25) is 0 Å². The summed E-state index contributed by atoms with van der Waals surface area (Å²) >= 11 is 0. The van der Waals surface area contributed by atoms with Gasteiger partial charge in [-0.2, -0.15) is 0 Å². The second-order valence-corrected chi connectivity index (χ2v) is 1.58. The van der Waals surface area contributed by atoms with Gasteiger partial charge in [-0.15, -0.1) is 0 Å². The van der Waals surface area contributed by atoms with Gasteiger partial charge in [0, 0.05) is 0 Å². The Kier molecular flexibility index (Phi) is 4.02. The van der Waals surface area contributed by atoms with Crippen LogP contribution >= 0.6 is 0 Å². The molecule has 0 saturated carbocycles. The van der Waals surface area contributed by atoms with Crippen LogP contribution in [-0.2, 0) is 4.12 Å². The van der Waals surface area contributed by atoms with Crippen LogP contribution in [0.5, 0.6) is 0 Å². The van der Waals surface area contributed by atoms with E-state index in [1.165, 1.54) is 0 Å². The van der Waals surface area contributed by atoms with Crippen molar-refractivity contribution < 1.29 is 4.12 Å². The zero-order chi connectivity index (χ0) is 4.12. The van der Waals surface area contributed by atoms with Crippen molar-refractivity contribution in [3.05, 3.63) is 6.00 Å². The molecule has 22 valence electrons. The third-order valence-corrected chi connectivity index (χ3v) is 0.990. The Morgan fingerprint density at radius 3 is 2.40 bits per heavy atom. The molecule has 0 aromatic rings. The van der Waals surface area contributed by atoms with Crippen molar-refractivity contribution in [2.24, 2.45) is 0 Å². The molecule has 0 fully saturated rings. The van der Waals surface area contributed by atoms with E-state index in [2.05, 4.69) is 4.12 Å². The van der Waals surface area contributed by atoms with Crippen LogP contribution in [0.3, 0.4) is 0 Å². The van der Waals surface area contributed by atoms with E-state index < -0.39 is 0 Å². The normalized spacial score (nSPS) is 4.20.